The molecule has 0 aromatic heterocycles. The first-order valence-electron chi connectivity index (χ1n) is 7.41. The van der Waals surface area contributed by atoms with Gasteiger partial charge in [0.15, 0.2) is 0 Å². The minimum absolute atomic E-state index is 0.154. The summed E-state index contributed by atoms with van der Waals surface area (Å²) in [7, 11) is 0. The Kier molecular flexibility index (Phi) is 6.39. The van der Waals surface area contributed by atoms with Crippen LogP contribution in [0.25, 0.3) is 0 Å². The van der Waals surface area contributed by atoms with Crippen LogP contribution >= 0.6 is 15.9 Å². The highest BCUT2D eigenvalue weighted by molar-refractivity contribution is 9.10. The molecular weight excluding hydrogens is 350 g/mol. The zero-order valence-corrected chi connectivity index (χ0v) is 13.8. The Morgan fingerprint density at radius 2 is 2.18 bits per heavy atom. The molecule has 0 radical (unpaired) electrons. The van der Waals surface area contributed by atoms with Gasteiger partial charge >= 0.3 is 5.97 Å². The van der Waals surface area contributed by atoms with Crippen molar-refractivity contribution in [3.8, 4) is 0 Å². The molecule has 1 aromatic carbocycles. The van der Waals surface area contributed by atoms with Gasteiger partial charge in [-0.25, -0.2) is 4.79 Å². The van der Waals surface area contributed by atoms with Crippen molar-refractivity contribution in [2.45, 2.75) is 31.7 Å². The number of rotatable bonds is 6. The summed E-state index contributed by atoms with van der Waals surface area (Å²) in [5.74, 6) is -1.39. The van der Waals surface area contributed by atoms with Gasteiger partial charge in [0.2, 0.25) is 5.91 Å². The van der Waals surface area contributed by atoms with E-state index in [-0.39, 0.29) is 18.2 Å². The second-order valence-electron chi connectivity index (χ2n) is 5.45. The van der Waals surface area contributed by atoms with Gasteiger partial charge in [-0.15, -0.1) is 0 Å². The molecule has 1 aliphatic rings. The van der Waals surface area contributed by atoms with E-state index in [1.165, 1.54) is 0 Å². The van der Waals surface area contributed by atoms with Gasteiger partial charge in [0, 0.05) is 23.4 Å². The molecule has 0 aliphatic carbocycles. The Bertz CT molecular complexity index is 529. The third-order valence-electron chi connectivity index (χ3n) is 3.83. The van der Waals surface area contributed by atoms with Crippen LogP contribution in [0.3, 0.4) is 0 Å². The Morgan fingerprint density at radius 1 is 1.41 bits per heavy atom. The summed E-state index contributed by atoms with van der Waals surface area (Å²) < 4.78 is 6.28. The molecule has 1 aromatic rings. The largest absolute Gasteiger partial charge is 0.480 e. The Labute approximate surface area is 138 Å². The minimum atomic E-state index is -0.996. The summed E-state index contributed by atoms with van der Waals surface area (Å²) in [5, 5.41) is 12.0. The maximum absolute atomic E-state index is 12.1. The molecule has 1 saturated heterocycles. The fraction of sp³-hybridized carbons (Fsp3) is 0.500. The second kappa shape index (κ2) is 8.29. The number of hydrogen-bond donors (Lipinski definition) is 2. The average molecular weight is 370 g/mol. The van der Waals surface area contributed by atoms with Gasteiger partial charge in [-0.05, 0) is 30.9 Å². The molecule has 1 amide bonds. The molecule has 6 heteroatoms. The average Bonchev–Trinajstić information content (AvgIpc) is 2.52. The Balaban J connectivity index is 1.88. The lowest BCUT2D eigenvalue weighted by Gasteiger charge is -2.28. The lowest BCUT2D eigenvalue weighted by atomic mass is 9.93. The summed E-state index contributed by atoms with van der Waals surface area (Å²) in [6, 6.07) is 6.83. The zero-order chi connectivity index (χ0) is 15.9. The van der Waals surface area contributed by atoms with Gasteiger partial charge in [0.05, 0.1) is 6.61 Å². The molecule has 0 spiro atoms. The van der Waals surface area contributed by atoms with Crippen molar-refractivity contribution in [2.24, 2.45) is 5.92 Å². The van der Waals surface area contributed by atoms with Crippen LogP contribution in [-0.2, 0) is 20.7 Å². The van der Waals surface area contributed by atoms with Crippen molar-refractivity contribution in [2.75, 3.05) is 13.2 Å². The fourth-order valence-corrected chi connectivity index (χ4v) is 3.09. The standard InChI is InChI=1S/C16H20BrNO4/c17-13-6-2-1-4-11(13)7-8-14(19)18-15(16(20)21)12-5-3-9-22-10-12/h1-2,4,6,12,15H,3,5,7-10H2,(H,18,19)(H,20,21). The van der Waals surface area contributed by atoms with Crippen LogP contribution in [-0.4, -0.2) is 36.2 Å². The summed E-state index contributed by atoms with van der Waals surface area (Å²) in [6.45, 7) is 1.06. The number of amides is 1. The molecule has 2 unspecified atom stereocenters. The van der Waals surface area contributed by atoms with Gasteiger partial charge in [-0.1, -0.05) is 34.1 Å². The molecule has 1 heterocycles. The van der Waals surface area contributed by atoms with E-state index in [1.807, 2.05) is 24.3 Å². The van der Waals surface area contributed by atoms with Crippen molar-refractivity contribution in [1.29, 1.82) is 0 Å². The van der Waals surface area contributed by atoms with E-state index in [4.69, 9.17) is 4.74 Å². The first-order chi connectivity index (χ1) is 10.6. The third kappa shape index (κ3) is 4.81. The highest BCUT2D eigenvalue weighted by atomic mass is 79.9. The number of carbonyl (C=O) groups excluding carboxylic acids is 1. The molecular formula is C16H20BrNO4. The van der Waals surface area contributed by atoms with Crippen molar-refractivity contribution in [3.05, 3.63) is 34.3 Å². The fourth-order valence-electron chi connectivity index (χ4n) is 2.60. The number of aliphatic carboxylic acids is 1. The smallest absolute Gasteiger partial charge is 0.326 e. The van der Waals surface area contributed by atoms with E-state index in [2.05, 4.69) is 21.2 Å². The molecule has 2 rings (SSSR count). The Hall–Kier alpha value is -1.40. The number of carboxylic acid groups (broad SMARTS) is 1. The number of hydrogen-bond acceptors (Lipinski definition) is 3. The predicted octanol–water partition coefficient (Wildman–Crippen LogP) is 2.38. The van der Waals surface area contributed by atoms with Crippen LogP contribution in [0.1, 0.15) is 24.8 Å². The molecule has 5 nitrogen and oxygen atoms in total. The van der Waals surface area contributed by atoms with Gasteiger partial charge in [0.25, 0.3) is 0 Å². The number of ether oxygens (including phenoxy) is 1. The van der Waals surface area contributed by atoms with Crippen LogP contribution in [0, 0.1) is 5.92 Å². The molecule has 0 saturated carbocycles. The quantitative estimate of drug-likeness (QED) is 0.806. The molecule has 2 N–H and O–H groups in total. The Morgan fingerprint density at radius 3 is 2.82 bits per heavy atom. The maximum atomic E-state index is 12.1. The first-order valence-corrected chi connectivity index (χ1v) is 8.20. The van der Waals surface area contributed by atoms with E-state index >= 15 is 0 Å². The van der Waals surface area contributed by atoms with Crippen molar-refractivity contribution in [1.82, 2.24) is 5.32 Å². The van der Waals surface area contributed by atoms with Gasteiger partial charge in [-0.3, -0.25) is 4.79 Å². The van der Waals surface area contributed by atoms with Crippen molar-refractivity contribution < 1.29 is 19.4 Å². The predicted molar refractivity (Wildman–Crippen MR) is 85.6 cm³/mol. The van der Waals surface area contributed by atoms with Gasteiger partial charge in [0.1, 0.15) is 6.04 Å². The molecule has 1 aliphatic heterocycles. The monoisotopic (exact) mass is 369 g/mol. The second-order valence-corrected chi connectivity index (χ2v) is 6.31. The van der Waals surface area contributed by atoms with Crippen LogP contribution in [0.15, 0.2) is 28.7 Å². The highest BCUT2D eigenvalue weighted by Gasteiger charge is 2.31. The lowest BCUT2D eigenvalue weighted by Crippen LogP contribution is -2.48. The molecule has 2 atom stereocenters. The van der Waals surface area contributed by atoms with E-state index < -0.39 is 12.0 Å². The number of nitrogens with one attached hydrogen (secondary N) is 1. The zero-order valence-electron chi connectivity index (χ0n) is 12.3. The normalized spacial score (nSPS) is 19.4. The number of aryl methyl sites for hydroxylation is 1. The van der Waals surface area contributed by atoms with Gasteiger partial charge < -0.3 is 15.2 Å². The summed E-state index contributed by atoms with van der Waals surface area (Å²) in [6.07, 6.45) is 2.43. The van der Waals surface area contributed by atoms with Crippen LogP contribution < -0.4 is 5.32 Å². The minimum Gasteiger partial charge on any atom is -0.480 e. The van der Waals surface area contributed by atoms with E-state index in [0.717, 1.165) is 22.9 Å². The van der Waals surface area contributed by atoms with Crippen molar-refractivity contribution >= 4 is 27.8 Å². The lowest BCUT2D eigenvalue weighted by molar-refractivity contribution is -0.145. The molecule has 0 bridgehead atoms. The number of benzene rings is 1. The van der Waals surface area contributed by atoms with Crippen LogP contribution in [0.5, 0.6) is 0 Å². The van der Waals surface area contributed by atoms with E-state index in [0.29, 0.717) is 19.6 Å². The summed E-state index contributed by atoms with van der Waals surface area (Å²) in [5.41, 5.74) is 1.03. The third-order valence-corrected chi connectivity index (χ3v) is 4.60. The van der Waals surface area contributed by atoms with Crippen LogP contribution in [0.2, 0.25) is 0 Å². The molecule has 1 fully saturated rings. The first kappa shape index (κ1) is 17.0. The summed E-state index contributed by atoms with van der Waals surface area (Å²) in [4.78, 5) is 23.4. The number of carbonyl (C=O) groups is 2. The van der Waals surface area contributed by atoms with Crippen molar-refractivity contribution in [3.63, 3.8) is 0 Å². The highest BCUT2D eigenvalue weighted by Crippen LogP contribution is 2.19. The number of halogens is 1. The van der Waals surface area contributed by atoms with Crippen LogP contribution in [0.4, 0.5) is 0 Å². The van der Waals surface area contributed by atoms with Gasteiger partial charge in [-0.2, -0.15) is 0 Å². The molecule has 120 valence electrons. The SMILES string of the molecule is O=C(CCc1ccccc1Br)NC(C(=O)O)C1CCCOC1. The van der Waals surface area contributed by atoms with E-state index in [1.54, 1.807) is 0 Å². The topological polar surface area (TPSA) is 75.6 Å². The maximum Gasteiger partial charge on any atom is 0.326 e. The summed E-state index contributed by atoms with van der Waals surface area (Å²) >= 11 is 3.44. The molecule has 22 heavy (non-hydrogen) atoms. The number of carboxylic acids is 1. The van der Waals surface area contributed by atoms with E-state index in [9.17, 15) is 14.7 Å².